The molecule has 1 atom stereocenters. The van der Waals surface area contributed by atoms with Gasteiger partial charge < -0.3 is 15.2 Å². The number of amides is 1. The number of aliphatic carboxylic acids is 1. The van der Waals surface area contributed by atoms with E-state index in [2.05, 4.69) is 5.32 Å². The van der Waals surface area contributed by atoms with Crippen molar-refractivity contribution in [2.24, 2.45) is 11.3 Å². The fraction of sp³-hybridized carbons (Fsp3) is 0.818. The van der Waals surface area contributed by atoms with E-state index in [4.69, 9.17) is 9.84 Å². The van der Waals surface area contributed by atoms with Crippen molar-refractivity contribution in [3.63, 3.8) is 0 Å². The van der Waals surface area contributed by atoms with E-state index < -0.39 is 11.9 Å². The summed E-state index contributed by atoms with van der Waals surface area (Å²) in [5.41, 5.74) is -0.283. The molecule has 1 aliphatic carbocycles. The fourth-order valence-electron chi connectivity index (χ4n) is 1.56. The van der Waals surface area contributed by atoms with E-state index in [1.54, 1.807) is 14.0 Å². The Labute approximate surface area is 95.2 Å². The smallest absolute Gasteiger partial charge is 0.308 e. The molecule has 0 aromatic carbocycles. The summed E-state index contributed by atoms with van der Waals surface area (Å²) in [6, 6.07) is 0. The molecule has 0 heterocycles. The lowest BCUT2D eigenvalue weighted by atomic mass is 10.0. The molecule has 0 aromatic heterocycles. The van der Waals surface area contributed by atoms with Crippen LogP contribution in [0.25, 0.3) is 0 Å². The molecule has 2 N–H and O–H groups in total. The number of methoxy groups -OCH3 is 1. The van der Waals surface area contributed by atoms with Gasteiger partial charge in [0, 0.05) is 20.3 Å². The van der Waals surface area contributed by atoms with E-state index in [9.17, 15) is 9.59 Å². The molecule has 1 aliphatic rings. The average molecular weight is 229 g/mol. The minimum Gasteiger partial charge on any atom is -0.481 e. The predicted molar refractivity (Wildman–Crippen MR) is 58.0 cm³/mol. The Hall–Kier alpha value is -1.10. The first-order chi connectivity index (χ1) is 7.52. The second-order valence-electron chi connectivity index (χ2n) is 4.47. The van der Waals surface area contributed by atoms with Crippen molar-refractivity contribution in [1.29, 1.82) is 0 Å². The summed E-state index contributed by atoms with van der Waals surface area (Å²) >= 11 is 0. The Morgan fingerprint density at radius 3 is 2.56 bits per heavy atom. The van der Waals surface area contributed by atoms with Crippen LogP contribution in [0.4, 0.5) is 0 Å². The van der Waals surface area contributed by atoms with Crippen LogP contribution in [0.3, 0.4) is 0 Å². The molecule has 1 fully saturated rings. The molecule has 1 saturated carbocycles. The van der Waals surface area contributed by atoms with Crippen LogP contribution < -0.4 is 5.32 Å². The standard InChI is InChI=1S/C11H19NO4/c1-8(9(13)14)7-12-10(15)11(3-4-11)5-6-16-2/h8H,3-7H2,1-2H3,(H,12,15)(H,13,14). The number of carbonyl (C=O) groups is 2. The summed E-state index contributed by atoms with van der Waals surface area (Å²) < 4.78 is 4.96. The van der Waals surface area contributed by atoms with Gasteiger partial charge in [-0.2, -0.15) is 0 Å². The molecule has 0 aliphatic heterocycles. The quantitative estimate of drug-likeness (QED) is 0.671. The van der Waals surface area contributed by atoms with E-state index in [0.29, 0.717) is 6.61 Å². The fourth-order valence-corrected chi connectivity index (χ4v) is 1.56. The highest BCUT2D eigenvalue weighted by Gasteiger charge is 2.49. The largest absolute Gasteiger partial charge is 0.481 e. The maximum Gasteiger partial charge on any atom is 0.308 e. The predicted octanol–water partition coefficient (Wildman–Crippen LogP) is 0.640. The summed E-state index contributed by atoms with van der Waals surface area (Å²) in [5, 5.41) is 11.4. The highest BCUT2D eigenvalue weighted by molar-refractivity contribution is 5.85. The SMILES string of the molecule is COCCC1(C(=O)NCC(C)C(=O)O)CC1. The topological polar surface area (TPSA) is 75.6 Å². The molecule has 16 heavy (non-hydrogen) atoms. The molecule has 0 bridgehead atoms. The number of nitrogens with one attached hydrogen (secondary N) is 1. The monoisotopic (exact) mass is 229 g/mol. The number of carboxylic acids is 1. The molecular weight excluding hydrogens is 210 g/mol. The summed E-state index contributed by atoms with van der Waals surface area (Å²) in [5.74, 6) is -1.46. The third-order valence-corrected chi connectivity index (χ3v) is 3.11. The van der Waals surface area contributed by atoms with E-state index >= 15 is 0 Å². The molecule has 0 spiro atoms. The highest BCUT2D eigenvalue weighted by Crippen LogP contribution is 2.48. The van der Waals surface area contributed by atoms with Crippen LogP contribution in [0.15, 0.2) is 0 Å². The lowest BCUT2D eigenvalue weighted by molar-refractivity contribution is -0.141. The zero-order valence-corrected chi connectivity index (χ0v) is 9.78. The number of hydrogen-bond donors (Lipinski definition) is 2. The minimum absolute atomic E-state index is 0.0300. The molecule has 1 rings (SSSR count). The molecule has 5 nitrogen and oxygen atoms in total. The van der Waals surface area contributed by atoms with Crippen LogP contribution in [0.1, 0.15) is 26.2 Å². The molecular formula is C11H19NO4. The molecule has 0 radical (unpaired) electrons. The Kier molecular flexibility index (Phi) is 4.29. The lowest BCUT2D eigenvalue weighted by Gasteiger charge is -2.15. The van der Waals surface area contributed by atoms with Crippen LogP contribution in [0, 0.1) is 11.3 Å². The molecule has 0 aromatic rings. The second kappa shape index (κ2) is 5.30. The van der Waals surface area contributed by atoms with Crippen molar-refractivity contribution in [1.82, 2.24) is 5.32 Å². The Bertz CT molecular complexity index is 273. The summed E-state index contributed by atoms with van der Waals surface area (Å²) in [7, 11) is 1.61. The van der Waals surface area contributed by atoms with Gasteiger partial charge in [-0.3, -0.25) is 9.59 Å². The Morgan fingerprint density at radius 2 is 2.12 bits per heavy atom. The number of ether oxygens (including phenoxy) is 1. The van der Waals surface area contributed by atoms with E-state index in [0.717, 1.165) is 19.3 Å². The van der Waals surface area contributed by atoms with Gasteiger partial charge in [-0.25, -0.2) is 0 Å². The van der Waals surface area contributed by atoms with Crippen molar-refractivity contribution in [2.75, 3.05) is 20.3 Å². The maximum atomic E-state index is 11.8. The van der Waals surface area contributed by atoms with Gasteiger partial charge in [0.25, 0.3) is 0 Å². The first-order valence-corrected chi connectivity index (χ1v) is 5.52. The van der Waals surface area contributed by atoms with Crippen LogP contribution in [-0.2, 0) is 14.3 Å². The number of rotatable bonds is 7. The molecule has 92 valence electrons. The molecule has 1 unspecified atom stereocenters. The minimum atomic E-state index is -0.887. The highest BCUT2D eigenvalue weighted by atomic mass is 16.5. The van der Waals surface area contributed by atoms with Gasteiger partial charge >= 0.3 is 5.97 Å². The molecule has 1 amide bonds. The second-order valence-corrected chi connectivity index (χ2v) is 4.47. The van der Waals surface area contributed by atoms with Gasteiger partial charge in [0.05, 0.1) is 11.3 Å². The van der Waals surface area contributed by atoms with Crippen LogP contribution >= 0.6 is 0 Å². The van der Waals surface area contributed by atoms with Gasteiger partial charge in [-0.1, -0.05) is 6.92 Å². The van der Waals surface area contributed by atoms with E-state index in [-0.39, 0.29) is 17.9 Å². The van der Waals surface area contributed by atoms with Gasteiger partial charge in [0.1, 0.15) is 0 Å². The Balaban J connectivity index is 2.32. The van der Waals surface area contributed by atoms with Crippen molar-refractivity contribution in [2.45, 2.75) is 26.2 Å². The molecule has 0 saturated heterocycles. The third kappa shape index (κ3) is 3.20. The summed E-state index contributed by atoms with van der Waals surface area (Å²) in [6.45, 7) is 2.35. The van der Waals surface area contributed by atoms with Crippen LogP contribution in [-0.4, -0.2) is 37.2 Å². The average Bonchev–Trinajstić information content (AvgIpc) is 3.03. The van der Waals surface area contributed by atoms with Crippen molar-refractivity contribution in [3.05, 3.63) is 0 Å². The maximum absolute atomic E-state index is 11.8. The van der Waals surface area contributed by atoms with Gasteiger partial charge in [0.2, 0.25) is 5.91 Å². The Morgan fingerprint density at radius 1 is 1.50 bits per heavy atom. The number of carbonyl (C=O) groups excluding carboxylic acids is 1. The lowest BCUT2D eigenvalue weighted by Crippen LogP contribution is -2.37. The zero-order chi connectivity index (χ0) is 12.2. The van der Waals surface area contributed by atoms with Crippen molar-refractivity contribution in [3.8, 4) is 0 Å². The first kappa shape index (κ1) is 13.0. The summed E-state index contributed by atoms with van der Waals surface area (Å²) in [4.78, 5) is 22.4. The summed E-state index contributed by atoms with van der Waals surface area (Å²) in [6.07, 6.45) is 2.48. The van der Waals surface area contributed by atoms with Crippen LogP contribution in [0.2, 0.25) is 0 Å². The first-order valence-electron chi connectivity index (χ1n) is 5.52. The van der Waals surface area contributed by atoms with Gasteiger partial charge in [0.15, 0.2) is 0 Å². The van der Waals surface area contributed by atoms with Crippen molar-refractivity contribution < 1.29 is 19.4 Å². The van der Waals surface area contributed by atoms with Gasteiger partial charge in [-0.15, -0.1) is 0 Å². The normalized spacial score (nSPS) is 18.9. The van der Waals surface area contributed by atoms with Crippen molar-refractivity contribution >= 4 is 11.9 Å². The number of carboxylic acid groups (broad SMARTS) is 1. The van der Waals surface area contributed by atoms with E-state index in [1.165, 1.54) is 0 Å². The zero-order valence-electron chi connectivity index (χ0n) is 9.78. The van der Waals surface area contributed by atoms with E-state index in [1.807, 2.05) is 0 Å². The molecule has 5 heteroatoms. The third-order valence-electron chi connectivity index (χ3n) is 3.11. The van der Waals surface area contributed by atoms with Gasteiger partial charge in [-0.05, 0) is 19.3 Å². The number of hydrogen-bond acceptors (Lipinski definition) is 3. The van der Waals surface area contributed by atoms with Crippen LogP contribution in [0.5, 0.6) is 0 Å².